The smallest absolute Gasteiger partial charge is 0.165 e. The summed E-state index contributed by atoms with van der Waals surface area (Å²) in [4.78, 5) is 0. The van der Waals surface area contributed by atoms with Gasteiger partial charge in [0, 0.05) is 11.6 Å². The number of hydrogen-bond acceptors (Lipinski definition) is 2. The average Bonchev–Trinajstić information content (AvgIpc) is 2.35. The van der Waals surface area contributed by atoms with Crippen LogP contribution >= 0.6 is 0 Å². The van der Waals surface area contributed by atoms with Gasteiger partial charge in [-0.3, -0.25) is 0 Å². The van der Waals surface area contributed by atoms with Crippen molar-refractivity contribution < 1.29 is 9.13 Å². The van der Waals surface area contributed by atoms with Gasteiger partial charge in [-0.05, 0) is 26.5 Å². The highest BCUT2D eigenvalue weighted by atomic mass is 19.1. The molecule has 2 nitrogen and oxygen atoms in total. The van der Waals surface area contributed by atoms with Crippen molar-refractivity contribution in [3.05, 3.63) is 29.6 Å². The number of halogens is 1. The second-order valence-corrected chi connectivity index (χ2v) is 4.22. The van der Waals surface area contributed by atoms with E-state index in [2.05, 4.69) is 12.2 Å². The molecule has 0 saturated heterocycles. The van der Waals surface area contributed by atoms with Crippen LogP contribution in [-0.4, -0.2) is 13.7 Å². The minimum Gasteiger partial charge on any atom is -0.490 e. The molecule has 0 amide bonds. The fraction of sp³-hybridized carbons (Fsp3) is 0.571. The van der Waals surface area contributed by atoms with E-state index in [4.69, 9.17) is 4.74 Å². The van der Waals surface area contributed by atoms with Crippen LogP contribution in [0, 0.1) is 5.82 Å². The van der Waals surface area contributed by atoms with Crippen LogP contribution in [0.5, 0.6) is 5.75 Å². The van der Waals surface area contributed by atoms with Crippen LogP contribution < -0.4 is 10.1 Å². The van der Waals surface area contributed by atoms with Gasteiger partial charge in [0.1, 0.15) is 0 Å². The van der Waals surface area contributed by atoms with Crippen LogP contribution in [0.25, 0.3) is 0 Å². The Hall–Kier alpha value is -1.09. The summed E-state index contributed by atoms with van der Waals surface area (Å²) in [7, 11) is 1.86. The van der Waals surface area contributed by atoms with E-state index in [1.54, 1.807) is 6.07 Å². The first kappa shape index (κ1) is 14.0. The molecule has 0 aliphatic rings. The third kappa shape index (κ3) is 4.00. The molecule has 3 heteroatoms. The molecular weight excluding hydrogens is 217 g/mol. The predicted molar refractivity (Wildman–Crippen MR) is 68.9 cm³/mol. The number of ether oxygens (including phenoxy) is 1. The van der Waals surface area contributed by atoms with Crippen molar-refractivity contribution in [2.45, 2.75) is 39.2 Å². The quantitative estimate of drug-likeness (QED) is 0.733. The van der Waals surface area contributed by atoms with E-state index in [0.717, 1.165) is 24.8 Å². The summed E-state index contributed by atoms with van der Waals surface area (Å²) < 4.78 is 19.3. The molecule has 0 spiro atoms. The van der Waals surface area contributed by atoms with Crippen molar-refractivity contribution >= 4 is 0 Å². The van der Waals surface area contributed by atoms with Crippen molar-refractivity contribution in [2.24, 2.45) is 0 Å². The van der Waals surface area contributed by atoms with Gasteiger partial charge in [-0.25, -0.2) is 4.39 Å². The maximum absolute atomic E-state index is 13.7. The summed E-state index contributed by atoms with van der Waals surface area (Å²) in [5.74, 6) is 0.117. The van der Waals surface area contributed by atoms with Crippen LogP contribution in [0.2, 0.25) is 0 Å². The molecule has 1 rings (SSSR count). The number of benzene rings is 1. The maximum atomic E-state index is 13.7. The van der Waals surface area contributed by atoms with Crippen molar-refractivity contribution in [3.63, 3.8) is 0 Å². The van der Waals surface area contributed by atoms with Gasteiger partial charge in [0.2, 0.25) is 0 Å². The third-order valence-corrected chi connectivity index (χ3v) is 2.89. The van der Waals surface area contributed by atoms with Gasteiger partial charge in [0.25, 0.3) is 0 Å². The Morgan fingerprint density at radius 3 is 2.76 bits per heavy atom. The minimum absolute atomic E-state index is 0.0897. The molecule has 0 aromatic heterocycles. The van der Waals surface area contributed by atoms with Crippen molar-refractivity contribution in [1.82, 2.24) is 5.32 Å². The zero-order valence-electron chi connectivity index (χ0n) is 10.9. The molecule has 0 radical (unpaired) electrons. The number of para-hydroxylation sites is 1. The first-order valence-corrected chi connectivity index (χ1v) is 6.29. The number of hydrogen-bond donors (Lipinski definition) is 1. The maximum Gasteiger partial charge on any atom is 0.165 e. The largest absolute Gasteiger partial charge is 0.490 e. The molecule has 96 valence electrons. The molecule has 0 heterocycles. The molecule has 0 bridgehead atoms. The van der Waals surface area contributed by atoms with E-state index in [9.17, 15) is 4.39 Å². The zero-order chi connectivity index (χ0) is 12.7. The fourth-order valence-corrected chi connectivity index (χ4v) is 1.70. The highest BCUT2D eigenvalue weighted by molar-refractivity contribution is 5.37. The van der Waals surface area contributed by atoms with Gasteiger partial charge < -0.3 is 10.1 Å². The lowest BCUT2D eigenvalue weighted by molar-refractivity contribution is 0.286. The molecule has 1 unspecified atom stereocenters. The average molecular weight is 239 g/mol. The summed E-state index contributed by atoms with van der Waals surface area (Å²) >= 11 is 0. The summed E-state index contributed by atoms with van der Waals surface area (Å²) in [5.41, 5.74) is 0.879. The van der Waals surface area contributed by atoms with Gasteiger partial charge in [0.05, 0.1) is 6.61 Å². The topological polar surface area (TPSA) is 21.3 Å². The summed E-state index contributed by atoms with van der Waals surface area (Å²) in [5, 5.41) is 3.10. The Bertz CT molecular complexity index is 341. The lowest BCUT2D eigenvalue weighted by Crippen LogP contribution is -2.14. The Labute approximate surface area is 103 Å². The van der Waals surface area contributed by atoms with Crippen LogP contribution in [0.3, 0.4) is 0 Å². The summed E-state index contributed by atoms with van der Waals surface area (Å²) in [6, 6.07) is 5.16. The molecule has 0 saturated carbocycles. The Kier molecular flexibility index (Phi) is 5.98. The molecule has 17 heavy (non-hydrogen) atoms. The fourth-order valence-electron chi connectivity index (χ4n) is 1.70. The number of unbranched alkanes of at least 4 members (excludes halogenated alkanes) is 2. The predicted octanol–water partition coefficient (Wildman–Crippen LogP) is 3.68. The van der Waals surface area contributed by atoms with Crippen LogP contribution in [0.15, 0.2) is 18.2 Å². The normalized spacial score (nSPS) is 12.5. The summed E-state index contributed by atoms with van der Waals surface area (Å²) in [6.07, 6.45) is 3.23. The van der Waals surface area contributed by atoms with E-state index in [1.165, 1.54) is 6.07 Å². The highest BCUT2D eigenvalue weighted by Crippen LogP contribution is 2.28. The number of rotatable bonds is 7. The molecule has 0 fully saturated rings. The molecule has 0 aliphatic carbocycles. The van der Waals surface area contributed by atoms with Gasteiger partial charge >= 0.3 is 0 Å². The second kappa shape index (κ2) is 7.28. The SMILES string of the molecule is CCCCCOc1c(F)cccc1C(C)NC. The lowest BCUT2D eigenvalue weighted by Gasteiger charge is -2.17. The van der Waals surface area contributed by atoms with Gasteiger partial charge in [-0.15, -0.1) is 0 Å². The first-order chi connectivity index (χ1) is 8.20. The van der Waals surface area contributed by atoms with Crippen LogP contribution in [0.1, 0.15) is 44.7 Å². The summed E-state index contributed by atoms with van der Waals surface area (Å²) in [6.45, 7) is 4.71. The van der Waals surface area contributed by atoms with Crippen LogP contribution in [0.4, 0.5) is 4.39 Å². The van der Waals surface area contributed by atoms with Gasteiger partial charge in [-0.2, -0.15) is 0 Å². The molecular formula is C14H22FNO. The minimum atomic E-state index is -0.277. The van der Waals surface area contributed by atoms with E-state index in [1.807, 2.05) is 20.0 Å². The lowest BCUT2D eigenvalue weighted by atomic mass is 10.1. The third-order valence-electron chi connectivity index (χ3n) is 2.89. The van der Waals surface area contributed by atoms with Crippen molar-refractivity contribution in [2.75, 3.05) is 13.7 Å². The van der Waals surface area contributed by atoms with Crippen LogP contribution in [-0.2, 0) is 0 Å². The monoisotopic (exact) mass is 239 g/mol. The molecule has 1 aromatic carbocycles. The zero-order valence-corrected chi connectivity index (χ0v) is 10.9. The Morgan fingerprint density at radius 2 is 2.12 bits per heavy atom. The molecule has 1 N–H and O–H groups in total. The standard InChI is InChI=1S/C14H22FNO/c1-4-5-6-10-17-14-12(11(2)16-3)8-7-9-13(14)15/h7-9,11,16H,4-6,10H2,1-3H3. The van der Waals surface area contributed by atoms with Gasteiger partial charge in [0.15, 0.2) is 11.6 Å². The highest BCUT2D eigenvalue weighted by Gasteiger charge is 2.13. The van der Waals surface area contributed by atoms with Crippen molar-refractivity contribution in [1.29, 1.82) is 0 Å². The molecule has 1 atom stereocenters. The van der Waals surface area contributed by atoms with E-state index in [0.29, 0.717) is 12.4 Å². The van der Waals surface area contributed by atoms with Crippen molar-refractivity contribution in [3.8, 4) is 5.75 Å². The van der Waals surface area contributed by atoms with E-state index >= 15 is 0 Å². The van der Waals surface area contributed by atoms with E-state index in [-0.39, 0.29) is 11.9 Å². The molecule has 0 aliphatic heterocycles. The first-order valence-electron chi connectivity index (χ1n) is 6.29. The Morgan fingerprint density at radius 1 is 1.35 bits per heavy atom. The van der Waals surface area contributed by atoms with E-state index < -0.39 is 0 Å². The van der Waals surface area contributed by atoms with Gasteiger partial charge in [-0.1, -0.05) is 31.9 Å². The second-order valence-electron chi connectivity index (χ2n) is 4.22. The molecule has 1 aromatic rings. The Balaban J connectivity index is 2.73. The number of nitrogens with one attached hydrogen (secondary N) is 1.